The molecule has 0 saturated heterocycles. The molecule has 0 N–H and O–H groups in total. The zero-order valence-electron chi connectivity index (χ0n) is 15.7. The minimum Gasteiger partial charge on any atom is -0.483 e. The molecule has 4 nitrogen and oxygen atoms in total. The van der Waals surface area contributed by atoms with Crippen LogP contribution in [0.4, 0.5) is 0 Å². The molecule has 0 amide bonds. The lowest BCUT2D eigenvalue weighted by Gasteiger charge is -2.11. The molecule has 1 heterocycles. The Morgan fingerprint density at radius 3 is 2.64 bits per heavy atom. The van der Waals surface area contributed by atoms with Crippen molar-refractivity contribution in [2.45, 2.75) is 59.8 Å². The molecule has 1 aromatic carbocycles. The van der Waals surface area contributed by atoms with E-state index in [1.807, 2.05) is 32.0 Å². The van der Waals surface area contributed by atoms with E-state index in [-0.39, 0.29) is 12.5 Å². The van der Waals surface area contributed by atoms with Crippen molar-refractivity contribution in [3.63, 3.8) is 0 Å². The maximum absolute atomic E-state index is 12.5. The summed E-state index contributed by atoms with van der Waals surface area (Å²) in [5.41, 5.74) is 4.26. The first kappa shape index (κ1) is 19.7. The Morgan fingerprint density at radius 1 is 1.32 bits per heavy atom. The van der Waals surface area contributed by atoms with Crippen molar-refractivity contribution in [3.05, 3.63) is 45.2 Å². The quantitative estimate of drug-likeness (QED) is 0.613. The fourth-order valence-electron chi connectivity index (χ4n) is 2.83. The SMILES string of the molecule is CCCCc1c(C)nn(C(=O)COc2ccc(C(C)C)cc2Br)c1C. The van der Waals surface area contributed by atoms with Crippen LogP contribution in [-0.4, -0.2) is 22.3 Å². The number of ether oxygens (including phenoxy) is 1. The highest BCUT2D eigenvalue weighted by atomic mass is 79.9. The number of hydrogen-bond acceptors (Lipinski definition) is 3. The summed E-state index contributed by atoms with van der Waals surface area (Å²) >= 11 is 3.52. The van der Waals surface area contributed by atoms with Crippen LogP contribution in [0, 0.1) is 13.8 Å². The first-order chi connectivity index (χ1) is 11.8. The highest BCUT2D eigenvalue weighted by Crippen LogP contribution is 2.29. The molecular formula is C20H27BrN2O2. The Balaban J connectivity index is 2.08. The molecule has 0 radical (unpaired) electrons. The first-order valence-electron chi connectivity index (χ1n) is 8.85. The van der Waals surface area contributed by atoms with Gasteiger partial charge in [0.05, 0.1) is 10.2 Å². The number of rotatable bonds is 7. The van der Waals surface area contributed by atoms with Crippen LogP contribution >= 0.6 is 15.9 Å². The van der Waals surface area contributed by atoms with Gasteiger partial charge in [0.2, 0.25) is 0 Å². The number of aryl methyl sites for hydroxylation is 1. The van der Waals surface area contributed by atoms with Gasteiger partial charge in [-0.2, -0.15) is 5.10 Å². The second kappa shape index (κ2) is 8.65. The fraction of sp³-hybridized carbons (Fsp3) is 0.500. The summed E-state index contributed by atoms with van der Waals surface area (Å²) in [5.74, 6) is 0.969. The fourth-order valence-corrected chi connectivity index (χ4v) is 3.34. The molecule has 136 valence electrons. The van der Waals surface area contributed by atoms with Gasteiger partial charge in [0.1, 0.15) is 5.75 Å². The van der Waals surface area contributed by atoms with Crippen molar-refractivity contribution < 1.29 is 9.53 Å². The van der Waals surface area contributed by atoms with Gasteiger partial charge in [-0.15, -0.1) is 0 Å². The number of aromatic nitrogens is 2. The Morgan fingerprint density at radius 2 is 2.04 bits per heavy atom. The van der Waals surface area contributed by atoms with Crippen molar-refractivity contribution in [1.29, 1.82) is 0 Å². The summed E-state index contributed by atoms with van der Waals surface area (Å²) in [6, 6.07) is 5.97. The lowest BCUT2D eigenvalue weighted by atomic mass is 10.0. The monoisotopic (exact) mass is 406 g/mol. The van der Waals surface area contributed by atoms with E-state index in [1.165, 1.54) is 15.8 Å². The molecule has 0 unspecified atom stereocenters. The number of carbonyl (C=O) groups is 1. The largest absolute Gasteiger partial charge is 0.483 e. The second-order valence-electron chi connectivity index (χ2n) is 6.69. The van der Waals surface area contributed by atoms with Gasteiger partial charge >= 0.3 is 0 Å². The number of nitrogens with zero attached hydrogens (tertiary/aromatic N) is 2. The van der Waals surface area contributed by atoms with Crippen molar-refractivity contribution >= 4 is 21.8 Å². The molecule has 2 aromatic rings. The van der Waals surface area contributed by atoms with Gasteiger partial charge in [0, 0.05) is 5.69 Å². The van der Waals surface area contributed by atoms with Crippen LogP contribution in [-0.2, 0) is 6.42 Å². The van der Waals surface area contributed by atoms with Gasteiger partial charge in [0.15, 0.2) is 6.61 Å². The smallest absolute Gasteiger partial charge is 0.284 e. The third-order valence-electron chi connectivity index (χ3n) is 4.43. The molecule has 0 aliphatic heterocycles. The maximum Gasteiger partial charge on any atom is 0.284 e. The predicted octanol–water partition coefficient (Wildman–Crippen LogP) is 5.45. The molecular weight excluding hydrogens is 380 g/mol. The van der Waals surface area contributed by atoms with Gasteiger partial charge in [-0.3, -0.25) is 4.79 Å². The second-order valence-corrected chi connectivity index (χ2v) is 7.55. The molecule has 0 bridgehead atoms. The maximum atomic E-state index is 12.5. The molecule has 0 spiro atoms. The predicted molar refractivity (Wildman–Crippen MR) is 105 cm³/mol. The number of benzene rings is 1. The van der Waals surface area contributed by atoms with E-state index < -0.39 is 0 Å². The molecule has 0 fully saturated rings. The molecule has 25 heavy (non-hydrogen) atoms. The van der Waals surface area contributed by atoms with E-state index in [9.17, 15) is 4.79 Å². The lowest BCUT2D eigenvalue weighted by Crippen LogP contribution is -2.22. The summed E-state index contributed by atoms with van der Waals surface area (Å²) in [4.78, 5) is 12.5. The van der Waals surface area contributed by atoms with Crippen LogP contribution in [0.1, 0.15) is 66.8 Å². The standard InChI is InChI=1S/C20H27BrN2O2/c1-6-7-8-17-14(4)22-23(15(17)5)20(24)12-25-19-10-9-16(13(2)3)11-18(19)21/h9-11,13H,6-8,12H2,1-5H3. The van der Waals surface area contributed by atoms with E-state index >= 15 is 0 Å². The molecule has 0 aliphatic rings. The molecule has 0 aliphatic carbocycles. The van der Waals surface area contributed by atoms with Crippen molar-refractivity contribution in [2.75, 3.05) is 6.61 Å². The van der Waals surface area contributed by atoms with Crippen LogP contribution in [0.15, 0.2) is 22.7 Å². The van der Waals surface area contributed by atoms with Crippen molar-refractivity contribution in [1.82, 2.24) is 9.78 Å². The summed E-state index contributed by atoms with van der Waals surface area (Å²) in [7, 11) is 0. The minimum atomic E-state index is -0.150. The zero-order valence-corrected chi connectivity index (χ0v) is 17.3. The van der Waals surface area contributed by atoms with Crippen molar-refractivity contribution in [3.8, 4) is 5.75 Å². The van der Waals surface area contributed by atoms with E-state index in [2.05, 4.69) is 41.8 Å². The van der Waals surface area contributed by atoms with Gasteiger partial charge in [0.25, 0.3) is 5.91 Å². The van der Waals surface area contributed by atoms with E-state index in [0.717, 1.165) is 35.1 Å². The Hall–Kier alpha value is -1.62. The van der Waals surface area contributed by atoms with Crippen LogP contribution in [0.3, 0.4) is 0 Å². The molecule has 1 aromatic heterocycles. The first-order valence-corrected chi connectivity index (χ1v) is 9.65. The lowest BCUT2D eigenvalue weighted by molar-refractivity contribution is 0.0817. The molecule has 0 saturated carbocycles. The Bertz CT molecular complexity index is 750. The van der Waals surface area contributed by atoms with Crippen LogP contribution in [0.5, 0.6) is 5.75 Å². The molecule has 0 atom stereocenters. The van der Waals surface area contributed by atoms with Crippen LogP contribution in [0.2, 0.25) is 0 Å². The van der Waals surface area contributed by atoms with E-state index in [0.29, 0.717) is 11.7 Å². The number of carbonyl (C=O) groups excluding carboxylic acids is 1. The summed E-state index contributed by atoms with van der Waals surface area (Å²) in [6.07, 6.45) is 3.19. The number of unbranched alkanes of at least 4 members (excludes halogenated alkanes) is 1. The van der Waals surface area contributed by atoms with Gasteiger partial charge in [-0.05, 0) is 71.8 Å². The minimum absolute atomic E-state index is 0.0329. The van der Waals surface area contributed by atoms with Crippen LogP contribution < -0.4 is 4.74 Å². The van der Waals surface area contributed by atoms with Gasteiger partial charge in [-0.1, -0.05) is 33.3 Å². The summed E-state index contributed by atoms with van der Waals surface area (Å²) in [5, 5.41) is 4.41. The third-order valence-corrected chi connectivity index (χ3v) is 5.05. The highest BCUT2D eigenvalue weighted by Gasteiger charge is 2.17. The van der Waals surface area contributed by atoms with Gasteiger partial charge in [-0.25, -0.2) is 4.68 Å². The van der Waals surface area contributed by atoms with E-state index in [1.54, 1.807) is 0 Å². The normalized spacial score (nSPS) is 11.2. The number of halogens is 1. The summed E-state index contributed by atoms with van der Waals surface area (Å²) in [6.45, 7) is 10.3. The average Bonchev–Trinajstić information content (AvgIpc) is 2.85. The topological polar surface area (TPSA) is 44.1 Å². The number of hydrogen-bond donors (Lipinski definition) is 0. The third kappa shape index (κ3) is 4.72. The van der Waals surface area contributed by atoms with Gasteiger partial charge < -0.3 is 4.74 Å². The highest BCUT2D eigenvalue weighted by molar-refractivity contribution is 9.10. The molecule has 5 heteroatoms. The zero-order chi connectivity index (χ0) is 18.6. The average molecular weight is 407 g/mol. The summed E-state index contributed by atoms with van der Waals surface area (Å²) < 4.78 is 8.06. The Labute approximate surface area is 158 Å². The molecule has 2 rings (SSSR count). The van der Waals surface area contributed by atoms with E-state index in [4.69, 9.17) is 4.74 Å². The van der Waals surface area contributed by atoms with Crippen molar-refractivity contribution in [2.24, 2.45) is 0 Å². The Kier molecular flexibility index (Phi) is 6.82. The van der Waals surface area contributed by atoms with Crippen LogP contribution in [0.25, 0.3) is 0 Å².